The van der Waals surface area contributed by atoms with Gasteiger partial charge in [-0.3, -0.25) is 9.88 Å². The van der Waals surface area contributed by atoms with Crippen LogP contribution in [0.4, 0.5) is 0 Å². The van der Waals surface area contributed by atoms with Gasteiger partial charge in [-0.1, -0.05) is 121 Å². The van der Waals surface area contributed by atoms with Crippen molar-refractivity contribution in [2.75, 3.05) is 0 Å². The molecule has 0 aliphatic carbocycles. The summed E-state index contributed by atoms with van der Waals surface area (Å²) in [5, 5.41) is 11.6. The largest absolute Gasteiger partial charge is 0.456 e. The Balaban J connectivity index is 1.14. The summed E-state index contributed by atoms with van der Waals surface area (Å²) in [4.78, 5) is 10.8. The van der Waals surface area contributed by atoms with Crippen LogP contribution in [-0.4, -0.2) is 20.8 Å². The molecule has 0 saturated heterocycles. The monoisotopic (exact) mass is 706 g/mol. The number of aliphatic imine (C=N–C) groups is 2. The van der Waals surface area contributed by atoms with Gasteiger partial charge in [-0.15, -0.1) is 0 Å². The molecule has 6 heteroatoms. The van der Waals surface area contributed by atoms with Crippen molar-refractivity contribution in [2.45, 2.75) is 6.29 Å². The van der Waals surface area contributed by atoms with Crippen molar-refractivity contribution in [3.63, 3.8) is 0 Å². The molecule has 0 radical (unpaired) electrons. The molecule has 0 spiro atoms. The van der Waals surface area contributed by atoms with Gasteiger partial charge in [0.2, 0.25) is 5.84 Å². The SMILES string of the molecule is c1ccc(C2=NC(c3ccc4c(c3)oc3ccc5ccccc5c34)=NC(n3c4ccccc4c4ccc5c6ccccc6n(-c6ccccc6)c5c43)[NH2+]2)cc1. The molecule has 4 heterocycles. The normalized spacial score (nSPS) is 14.9. The van der Waals surface area contributed by atoms with E-state index in [2.05, 4.69) is 184 Å². The van der Waals surface area contributed by atoms with Crippen molar-refractivity contribution in [3.8, 4) is 5.69 Å². The van der Waals surface area contributed by atoms with E-state index in [1.165, 1.54) is 37.8 Å². The van der Waals surface area contributed by atoms with Gasteiger partial charge >= 0.3 is 0 Å². The van der Waals surface area contributed by atoms with Gasteiger partial charge in [0.25, 0.3) is 6.29 Å². The van der Waals surface area contributed by atoms with Crippen molar-refractivity contribution in [1.29, 1.82) is 0 Å². The lowest BCUT2D eigenvalue weighted by molar-refractivity contribution is -0.603. The predicted octanol–water partition coefficient (Wildman–Crippen LogP) is 10.9. The number of hydrogen-bond acceptors (Lipinski definition) is 3. The maximum absolute atomic E-state index is 6.53. The Bertz CT molecular complexity index is 3400. The summed E-state index contributed by atoms with van der Waals surface area (Å²) in [6, 6.07) is 62.2. The van der Waals surface area contributed by atoms with Crippen molar-refractivity contribution < 1.29 is 9.73 Å². The highest BCUT2D eigenvalue weighted by atomic mass is 16.3. The number of nitrogens with zero attached hydrogens (tertiary/aromatic N) is 4. The summed E-state index contributed by atoms with van der Waals surface area (Å²) in [5.41, 5.74) is 9.35. The average Bonchev–Trinajstić information content (AvgIpc) is 3.92. The van der Waals surface area contributed by atoms with Gasteiger partial charge in [0.05, 0.1) is 27.6 Å². The van der Waals surface area contributed by atoms with Gasteiger partial charge in [-0.25, -0.2) is 0 Å². The molecule has 0 saturated carbocycles. The Morgan fingerprint density at radius 1 is 0.491 bits per heavy atom. The first kappa shape index (κ1) is 30.2. The maximum atomic E-state index is 6.53. The molecule has 0 bridgehead atoms. The second-order valence-electron chi connectivity index (χ2n) is 14.3. The lowest BCUT2D eigenvalue weighted by atomic mass is 10.0. The Hall–Kier alpha value is -7.28. The highest BCUT2D eigenvalue weighted by Crippen LogP contribution is 2.42. The van der Waals surface area contributed by atoms with Gasteiger partial charge in [0.15, 0.2) is 5.84 Å². The smallest absolute Gasteiger partial charge is 0.272 e. The van der Waals surface area contributed by atoms with Crippen LogP contribution >= 0.6 is 0 Å². The highest BCUT2D eigenvalue weighted by Gasteiger charge is 2.30. The standard InChI is InChI=1S/C49H31N5O/c1-3-14-31(15-4-1)47-50-48(32-23-25-39-43(29-32)55-42-28-24-30-13-7-8-18-34(30)44(39)42)52-49(51-47)54-41-22-12-10-20-36(41)38-27-26-37-35-19-9-11-21-40(35)53(45(37)46(38)54)33-16-5-2-6-17-33/h1-29,49H,(H,50,51,52)/p+1. The van der Waals surface area contributed by atoms with E-state index in [0.29, 0.717) is 5.84 Å². The topological polar surface area (TPSA) is 64.3 Å². The first-order valence-electron chi connectivity index (χ1n) is 18.7. The molecular formula is C49H32N5O+. The van der Waals surface area contributed by atoms with E-state index < -0.39 is 6.29 Å². The first-order chi connectivity index (χ1) is 27.3. The lowest BCUT2D eigenvalue weighted by Gasteiger charge is -2.22. The number of rotatable bonds is 4. The Labute approximate surface area is 314 Å². The third-order valence-electron chi connectivity index (χ3n) is 11.3. The predicted molar refractivity (Wildman–Crippen MR) is 225 cm³/mol. The zero-order chi connectivity index (χ0) is 36.0. The van der Waals surface area contributed by atoms with Gasteiger partial charge in [0, 0.05) is 43.6 Å². The fraction of sp³-hybridized carbons (Fsp3) is 0.0204. The van der Waals surface area contributed by atoms with Gasteiger partial charge in [-0.2, -0.15) is 9.98 Å². The van der Waals surface area contributed by atoms with Crippen molar-refractivity contribution in [1.82, 2.24) is 9.13 Å². The molecule has 1 unspecified atom stereocenters. The third kappa shape index (κ3) is 4.46. The third-order valence-corrected chi connectivity index (χ3v) is 11.3. The molecule has 55 heavy (non-hydrogen) atoms. The second-order valence-corrected chi connectivity index (χ2v) is 14.3. The summed E-state index contributed by atoms with van der Waals surface area (Å²) in [7, 11) is 0. The molecule has 0 fully saturated rings. The Kier molecular flexibility index (Phi) is 6.38. The molecule has 1 aliphatic rings. The number of aromatic nitrogens is 2. The van der Waals surface area contributed by atoms with E-state index in [9.17, 15) is 0 Å². The molecule has 0 amide bonds. The van der Waals surface area contributed by atoms with Crippen LogP contribution in [0.2, 0.25) is 0 Å². The number of hydrogen-bond donors (Lipinski definition) is 1. The number of nitrogens with two attached hydrogens (primary N) is 1. The Morgan fingerprint density at radius 2 is 1.15 bits per heavy atom. The molecule has 1 atom stereocenters. The van der Waals surface area contributed by atoms with E-state index in [4.69, 9.17) is 14.4 Å². The van der Waals surface area contributed by atoms with Crippen LogP contribution in [-0.2, 0) is 0 Å². The minimum absolute atomic E-state index is 0.395. The molecule has 258 valence electrons. The molecule has 12 rings (SSSR count). The van der Waals surface area contributed by atoms with Crippen LogP contribution in [0.5, 0.6) is 0 Å². The summed E-state index contributed by atoms with van der Waals surface area (Å²) < 4.78 is 11.4. The van der Waals surface area contributed by atoms with E-state index in [1.807, 2.05) is 6.07 Å². The van der Waals surface area contributed by atoms with Crippen LogP contribution in [0, 0.1) is 0 Å². The van der Waals surface area contributed by atoms with E-state index >= 15 is 0 Å². The molecule has 8 aromatic carbocycles. The van der Waals surface area contributed by atoms with E-state index in [0.717, 1.165) is 61.1 Å². The first-order valence-corrected chi connectivity index (χ1v) is 18.7. The summed E-state index contributed by atoms with van der Waals surface area (Å²) in [6.07, 6.45) is -0.395. The lowest BCUT2D eigenvalue weighted by Crippen LogP contribution is -2.91. The number of quaternary nitrogens is 1. The molecule has 6 nitrogen and oxygen atoms in total. The van der Waals surface area contributed by atoms with Crippen molar-refractivity contribution >= 4 is 88.0 Å². The fourth-order valence-corrected chi connectivity index (χ4v) is 8.86. The molecule has 3 aromatic heterocycles. The number of para-hydroxylation sites is 3. The number of amidine groups is 2. The minimum atomic E-state index is -0.395. The van der Waals surface area contributed by atoms with Crippen molar-refractivity contribution in [3.05, 3.63) is 187 Å². The summed E-state index contributed by atoms with van der Waals surface area (Å²) >= 11 is 0. The molecule has 11 aromatic rings. The van der Waals surface area contributed by atoms with Gasteiger partial charge in [-0.05, 0) is 65.4 Å². The van der Waals surface area contributed by atoms with Gasteiger partial charge < -0.3 is 8.98 Å². The van der Waals surface area contributed by atoms with Crippen LogP contribution in [0.15, 0.2) is 190 Å². The van der Waals surface area contributed by atoms with Crippen LogP contribution in [0.25, 0.3) is 82.0 Å². The fourth-order valence-electron chi connectivity index (χ4n) is 8.86. The van der Waals surface area contributed by atoms with Crippen LogP contribution < -0.4 is 5.32 Å². The summed E-state index contributed by atoms with van der Waals surface area (Å²) in [5.74, 6) is 1.55. The quantitative estimate of drug-likeness (QED) is 0.195. The molecule has 1 aliphatic heterocycles. The molecule has 2 N–H and O–H groups in total. The second kappa shape index (κ2) is 11.6. The average molecular weight is 707 g/mol. The highest BCUT2D eigenvalue weighted by molar-refractivity contribution is 6.24. The van der Waals surface area contributed by atoms with Crippen LogP contribution in [0.1, 0.15) is 17.4 Å². The number of benzene rings is 8. The van der Waals surface area contributed by atoms with Crippen molar-refractivity contribution in [2.24, 2.45) is 9.98 Å². The minimum Gasteiger partial charge on any atom is -0.456 e. The van der Waals surface area contributed by atoms with Crippen LogP contribution in [0.3, 0.4) is 0 Å². The number of fused-ring (bicyclic) bond motifs is 12. The van der Waals surface area contributed by atoms with E-state index in [-0.39, 0.29) is 0 Å². The zero-order valence-corrected chi connectivity index (χ0v) is 29.6. The van der Waals surface area contributed by atoms with Gasteiger partial charge in [0.1, 0.15) is 11.2 Å². The maximum Gasteiger partial charge on any atom is 0.272 e. The zero-order valence-electron chi connectivity index (χ0n) is 29.6. The summed E-state index contributed by atoms with van der Waals surface area (Å²) in [6.45, 7) is 0. The number of furan rings is 1. The van der Waals surface area contributed by atoms with E-state index in [1.54, 1.807) is 0 Å². The molecular weight excluding hydrogens is 675 g/mol. The Morgan fingerprint density at radius 3 is 1.96 bits per heavy atom.